The molecule has 3 rings (SSSR count). The van der Waals surface area contributed by atoms with Gasteiger partial charge in [-0.3, -0.25) is 9.78 Å². The number of nitrogens with zero attached hydrogens (tertiary/aromatic N) is 4. The molecule has 116 valence electrons. The maximum absolute atomic E-state index is 12.4. The van der Waals surface area contributed by atoms with Crippen molar-refractivity contribution >= 4 is 17.2 Å². The van der Waals surface area contributed by atoms with E-state index in [-0.39, 0.29) is 5.91 Å². The van der Waals surface area contributed by atoms with Crippen LogP contribution in [0.3, 0.4) is 0 Å². The summed E-state index contributed by atoms with van der Waals surface area (Å²) >= 11 is 1.36. The van der Waals surface area contributed by atoms with Crippen molar-refractivity contribution in [2.75, 3.05) is 0 Å². The number of aromatic nitrogens is 4. The minimum absolute atomic E-state index is 0.147. The fraction of sp³-hybridized carbons (Fsp3) is 0.188. The van der Waals surface area contributed by atoms with Gasteiger partial charge in [-0.25, -0.2) is 15.0 Å². The van der Waals surface area contributed by atoms with Crippen LogP contribution in [0.4, 0.5) is 0 Å². The van der Waals surface area contributed by atoms with Gasteiger partial charge in [0.25, 0.3) is 5.91 Å². The van der Waals surface area contributed by atoms with Gasteiger partial charge >= 0.3 is 0 Å². The molecule has 1 N–H and O–H groups in total. The molecule has 0 saturated heterocycles. The first kappa shape index (κ1) is 15.2. The zero-order valence-corrected chi connectivity index (χ0v) is 13.6. The Morgan fingerprint density at radius 2 is 2.09 bits per heavy atom. The molecule has 23 heavy (non-hydrogen) atoms. The number of thiazole rings is 1. The highest BCUT2D eigenvalue weighted by molar-refractivity contribution is 7.17. The average molecular weight is 325 g/mol. The van der Waals surface area contributed by atoms with E-state index in [4.69, 9.17) is 0 Å². The van der Waals surface area contributed by atoms with Crippen LogP contribution in [-0.4, -0.2) is 25.8 Å². The first-order valence-electron chi connectivity index (χ1n) is 7.08. The van der Waals surface area contributed by atoms with Crippen molar-refractivity contribution in [3.05, 3.63) is 58.9 Å². The molecule has 7 heteroatoms. The third-order valence-corrected chi connectivity index (χ3v) is 4.38. The quantitative estimate of drug-likeness (QED) is 0.797. The molecular formula is C16H15N5OS. The molecule has 6 nitrogen and oxygen atoms in total. The number of carbonyl (C=O) groups is 1. The summed E-state index contributed by atoms with van der Waals surface area (Å²) in [5.74, 6) is 0.538. The van der Waals surface area contributed by atoms with E-state index in [1.165, 1.54) is 11.3 Å². The minimum Gasteiger partial charge on any atom is -0.346 e. The Kier molecular flexibility index (Phi) is 4.38. The largest absolute Gasteiger partial charge is 0.346 e. The van der Waals surface area contributed by atoms with Crippen LogP contribution in [0.2, 0.25) is 0 Å². The number of amides is 1. The number of aryl methyl sites for hydroxylation is 2. The van der Waals surface area contributed by atoms with E-state index in [1.807, 2.05) is 26.0 Å². The van der Waals surface area contributed by atoms with Gasteiger partial charge in [-0.2, -0.15) is 0 Å². The van der Waals surface area contributed by atoms with Crippen LogP contribution in [0.5, 0.6) is 0 Å². The van der Waals surface area contributed by atoms with E-state index in [9.17, 15) is 4.79 Å². The number of hydrogen-bond donors (Lipinski definition) is 1. The Morgan fingerprint density at radius 3 is 2.83 bits per heavy atom. The highest BCUT2D eigenvalue weighted by atomic mass is 32.1. The van der Waals surface area contributed by atoms with E-state index in [2.05, 4.69) is 25.3 Å². The Hall–Kier alpha value is -2.67. The maximum atomic E-state index is 12.4. The van der Waals surface area contributed by atoms with Crippen molar-refractivity contribution in [3.8, 4) is 10.6 Å². The molecule has 0 spiro atoms. The third kappa shape index (κ3) is 3.57. The number of pyridine rings is 1. The predicted octanol–water partition coefficient (Wildman–Crippen LogP) is 2.54. The second-order valence-electron chi connectivity index (χ2n) is 4.95. The summed E-state index contributed by atoms with van der Waals surface area (Å²) in [4.78, 5) is 29.8. The smallest absolute Gasteiger partial charge is 0.263 e. The maximum Gasteiger partial charge on any atom is 0.263 e. The molecule has 3 aromatic heterocycles. The minimum atomic E-state index is -0.147. The SMILES string of the molecule is Cc1nccc(CNC(=O)c2sc(-c3cccnc3)nc2C)n1. The van der Waals surface area contributed by atoms with E-state index >= 15 is 0 Å². The number of carbonyl (C=O) groups excluding carboxylic acids is 1. The number of hydrogen-bond acceptors (Lipinski definition) is 6. The Labute approximate surface area is 137 Å². The van der Waals surface area contributed by atoms with Crippen LogP contribution >= 0.6 is 11.3 Å². The summed E-state index contributed by atoms with van der Waals surface area (Å²) in [7, 11) is 0. The van der Waals surface area contributed by atoms with Crippen molar-refractivity contribution < 1.29 is 4.79 Å². The second kappa shape index (κ2) is 6.62. The molecule has 1 amide bonds. The fourth-order valence-corrected chi connectivity index (χ4v) is 3.05. The molecule has 3 heterocycles. The molecule has 0 aliphatic heterocycles. The molecule has 0 saturated carbocycles. The van der Waals surface area contributed by atoms with Gasteiger partial charge in [0.1, 0.15) is 15.7 Å². The first-order chi connectivity index (χ1) is 11.1. The van der Waals surface area contributed by atoms with Crippen LogP contribution in [0.1, 0.15) is 26.9 Å². The summed E-state index contributed by atoms with van der Waals surface area (Å²) in [6, 6.07) is 5.56. The molecule has 0 aliphatic rings. The molecule has 0 bridgehead atoms. The molecule has 0 aliphatic carbocycles. The van der Waals surface area contributed by atoms with E-state index in [0.29, 0.717) is 22.9 Å². The lowest BCUT2D eigenvalue weighted by atomic mass is 10.3. The summed E-state index contributed by atoms with van der Waals surface area (Å²) < 4.78 is 0. The first-order valence-corrected chi connectivity index (χ1v) is 7.89. The van der Waals surface area contributed by atoms with Crippen LogP contribution in [0, 0.1) is 13.8 Å². The Morgan fingerprint density at radius 1 is 1.22 bits per heavy atom. The Balaban J connectivity index is 1.74. The monoisotopic (exact) mass is 325 g/mol. The summed E-state index contributed by atoms with van der Waals surface area (Å²) in [6.07, 6.45) is 5.13. The van der Waals surface area contributed by atoms with Crippen molar-refractivity contribution in [1.29, 1.82) is 0 Å². The van der Waals surface area contributed by atoms with Gasteiger partial charge in [0.05, 0.1) is 17.9 Å². The third-order valence-electron chi connectivity index (χ3n) is 3.18. The highest BCUT2D eigenvalue weighted by Crippen LogP contribution is 2.27. The van der Waals surface area contributed by atoms with E-state index < -0.39 is 0 Å². The van der Waals surface area contributed by atoms with Crippen molar-refractivity contribution in [2.45, 2.75) is 20.4 Å². The summed E-state index contributed by atoms with van der Waals surface area (Å²) in [6.45, 7) is 4.01. The van der Waals surface area contributed by atoms with Crippen molar-refractivity contribution in [3.63, 3.8) is 0 Å². The van der Waals surface area contributed by atoms with E-state index in [1.54, 1.807) is 24.7 Å². The lowest BCUT2D eigenvalue weighted by Gasteiger charge is -2.04. The summed E-state index contributed by atoms with van der Waals surface area (Å²) in [5, 5.41) is 3.66. The van der Waals surface area contributed by atoms with Gasteiger partial charge in [-0.05, 0) is 32.0 Å². The predicted molar refractivity (Wildman–Crippen MR) is 88.0 cm³/mol. The van der Waals surface area contributed by atoms with Gasteiger partial charge in [-0.1, -0.05) is 0 Å². The number of nitrogens with one attached hydrogen (secondary N) is 1. The molecule has 3 aromatic rings. The van der Waals surface area contributed by atoms with Gasteiger partial charge in [0.15, 0.2) is 0 Å². The van der Waals surface area contributed by atoms with Gasteiger partial charge in [0, 0.05) is 24.2 Å². The molecule has 0 radical (unpaired) electrons. The van der Waals surface area contributed by atoms with Crippen LogP contribution < -0.4 is 5.32 Å². The van der Waals surface area contributed by atoms with Gasteiger partial charge in [-0.15, -0.1) is 11.3 Å². The van der Waals surface area contributed by atoms with Crippen LogP contribution in [-0.2, 0) is 6.54 Å². The molecule has 0 aromatic carbocycles. The lowest BCUT2D eigenvalue weighted by molar-refractivity contribution is 0.0953. The lowest BCUT2D eigenvalue weighted by Crippen LogP contribution is -2.23. The molecular weight excluding hydrogens is 310 g/mol. The van der Waals surface area contributed by atoms with Crippen molar-refractivity contribution in [2.24, 2.45) is 0 Å². The number of rotatable bonds is 4. The zero-order valence-electron chi connectivity index (χ0n) is 12.8. The zero-order chi connectivity index (χ0) is 16.2. The molecule has 0 unspecified atom stereocenters. The van der Waals surface area contributed by atoms with Crippen LogP contribution in [0.25, 0.3) is 10.6 Å². The van der Waals surface area contributed by atoms with E-state index in [0.717, 1.165) is 16.3 Å². The molecule has 0 atom stereocenters. The van der Waals surface area contributed by atoms with Gasteiger partial charge in [0.2, 0.25) is 0 Å². The second-order valence-corrected chi connectivity index (χ2v) is 5.95. The normalized spacial score (nSPS) is 10.5. The van der Waals surface area contributed by atoms with Crippen LogP contribution in [0.15, 0.2) is 36.8 Å². The Bertz CT molecular complexity index is 831. The summed E-state index contributed by atoms with van der Waals surface area (Å²) in [5.41, 5.74) is 2.40. The molecule has 0 fully saturated rings. The standard InChI is InChI=1S/C16H15N5OS/c1-10-14(23-16(20-10)12-4-3-6-17-8-12)15(22)19-9-13-5-7-18-11(2)21-13/h3-8H,9H2,1-2H3,(H,19,22). The average Bonchev–Trinajstić information content (AvgIpc) is 2.95. The van der Waals surface area contributed by atoms with Gasteiger partial charge < -0.3 is 5.32 Å². The topological polar surface area (TPSA) is 80.7 Å². The highest BCUT2D eigenvalue weighted by Gasteiger charge is 2.16. The fourth-order valence-electron chi connectivity index (χ4n) is 2.07. The van der Waals surface area contributed by atoms with Crippen molar-refractivity contribution in [1.82, 2.24) is 25.3 Å².